The van der Waals surface area contributed by atoms with Gasteiger partial charge in [-0.2, -0.15) is 0 Å². The lowest BCUT2D eigenvalue weighted by Gasteiger charge is -2.19. The van der Waals surface area contributed by atoms with Gasteiger partial charge in [-0.25, -0.2) is 0 Å². The zero-order chi connectivity index (χ0) is 79.6. The predicted octanol–water partition coefficient (Wildman–Crippen LogP) is 27.3. The minimum absolute atomic E-state index is 0.420. The molecular formula is C100H120N4O10. The Bertz CT molecular complexity index is 4560. The summed E-state index contributed by atoms with van der Waals surface area (Å²) in [6, 6.07) is 56.3. The highest BCUT2D eigenvalue weighted by Crippen LogP contribution is 2.38. The first kappa shape index (κ1) is 85.6. The molecule has 0 saturated heterocycles. The van der Waals surface area contributed by atoms with E-state index in [1.165, 1.54) is 51.4 Å². The van der Waals surface area contributed by atoms with Gasteiger partial charge in [-0.1, -0.05) is 266 Å². The van der Waals surface area contributed by atoms with Gasteiger partial charge >= 0.3 is 0 Å². The van der Waals surface area contributed by atoms with Crippen LogP contribution >= 0.6 is 0 Å². The highest BCUT2D eigenvalue weighted by Gasteiger charge is 2.19. The fourth-order valence-corrected chi connectivity index (χ4v) is 13.7. The Morgan fingerprint density at radius 2 is 0.640 bits per heavy atom. The molecule has 14 heteroatoms. The third-order valence-corrected chi connectivity index (χ3v) is 20.9. The fraction of sp³-hybridized carbons (Fsp3) is 0.380. The van der Waals surface area contributed by atoms with E-state index in [0.717, 1.165) is 215 Å². The molecule has 0 aliphatic rings. The lowest BCUT2D eigenvalue weighted by Crippen LogP contribution is -2.12. The largest absolute Gasteiger partial charge is 0.496 e. The molecule has 2 aromatic heterocycles. The zero-order valence-corrected chi connectivity index (χ0v) is 68.4. The van der Waals surface area contributed by atoms with Gasteiger partial charge in [0.1, 0.15) is 46.0 Å². The molecule has 114 heavy (non-hydrogen) atoms. The molecule has 8 aromatic carbocycles. The second-order valence-electron chi connectivity index (χ2n) is 29.4. The van der Waals surface area contributed by atoms with Gasteiger partial charge in [0.25, 0.3) is 0 Å². The Kier molecular flexibility index (Phi) is 36.2. The molecule has 2 atom stereocenters. The Labute approximate surface area is 678 Å². The second kappa shape index (κ2) is 48.3. The molecule has 0 N–H and O–H groups in total. The average Bonchev–Trinajstić information content (AvgIpc) is 1.20. The smallest absolute Gasteiger partial charge is 0.248 e. The number of unbranched alkanes of at least 4 members (excludes halogenated alkanes) is 16. The van der Waals surface area contributed by atoms with Crippen LogP contribution in [-0.2, 0) is 0 Å². The number of hydrogen-bond acceptors (Lipinski definition) is 14. The third-order valence-electron chi connectivity index (χ3n) is 20.9. The van der Waals surface area contributed by atoms with Gasteiger partial charge in [0.05, 0.1) is 53.9 Å². The molecule has 0 radical (unpaired) electrons. The van der Waals surface area contributed by atoms with Gasteiger partial charge in [0.2, 0.25) is 23.6 Å². The van der Waals surface area contributed by atoms with Crippen LogP contribution in [0.15, 0.2) is 192 Å². The summed E-state index contributed by atoms with van der Waals surface area (Å²) in [7, 11) is 3.46. The minimum atomic E-state index is 0.420. The third kappa shape index (κ3) is 27.5. The van der Waals surface area contributed by atoms with E-state index in [1.54, 1.807) is 14.2 Å². The Morgan fingerprint density at radius 1 is 0.307 bits per heavy atom. The number of rotatable bonds is 54. The monoisotopic (exact) mass is 1540 g/mol. The minimum Gasteiger partial charge on any atom is -0.496 e. The van der Waals surface area contributed by atoms with Crippen LogP contribution in [0.2, 0.25) is 0 Å². The normalized spacial score (nSPS) is 12.0. The number of aromatic nitrogens is 4. The van der Waals surface area contributed by atoms with Crippen molar-refractivity contribution in [1.82, 2.24) is 20.4 Å². The maximum Gasteiger partial charge on any atom is 0.248 e. The van der Waals surface area contributed by atoms with Crippen LogP contribution in [0.3, 0.4) is 0 Å². The highest BCUT2D eigenvalue weighted by molar-refractivity contribution is 5.83. The molecule has 0 fully saturated rings. The van der Waals surface area contributed by atoms with Crippen molar-refractivity contribution in [2.45, 2.75) is 182 Å². The van der Waals surface area contributed by atoms with Gasteiger partial charge < -0.3 is 46.7 Å². The maximum atomic E-state index is 6.90. The molecule has 0 amide bonds. The number of hydrogen-bond donors (Lipinski definition) is 0. The van der Waals surface area contributed by atoms with Crippen LogP contribution in [0.4, 0.5) is 0 Å². The van der Waals surface area contributed by atoms with E-state index < -0.39 is 0 Å². The van der Waals surface area contributed by atoms with E-state index in [2.05, 4.69) is 158 Å². The molecule has 0 aliphatic heterocycles. The van der Waals surface area contributed by atoms with Gasteiger partial charge in [-0.15, -0.1) is 20.4 Å². The van der Waals surface area contributed by atoms with E-state index in [0.29, 0.717) is 75.0 Å². The molecule has 0 bridgehead atoms. The van der Waals surface area contributed by atoms with E-state index >= 15 is 0 Å². The lowest BCUT2D eigenvalue weighted by molar-refractivity contribution is 0.232. The molecule has 0 saturated carbocycles. The Morgan fingerprint density at radius 3 is 1.04 bits per heavy atom. The molecule has 0 aliphatic carbocycles. The van der Waals surface area contributed by atoms with Crippen LogP contribution in [-0.4, -0.2) is 74.3 Å². The molecule has 600 valence electrons. The van der Waals surface area contributed by atoms with Crippen molar-refractivity contribution >= 4 is 48.6 Å². The topological polar surface area (TPSA) is 152 Å². The van der Waals surface area contributed by atoms with Crippen molar-refractivity contribution in [2.75, 3.05) is 53.9 Å². The standard InChI is InChI=1S/C100H120N4O10/c1-9-15-39-76(12-4)73-111-95-72-86(91(105-7)69-87(95)50-47-78-46-48-79(14-6)93(68-78)109-65-37-27-23-19-17-21-25-35-63-107-89-59-55-83(56-60-89)99-103-101-97(113-99)81-41-31-29-32-42-81)53-54-88-70-92(106-8)85(71-96(88)112-74-77(13-5)40-16-10-2)52-51-80-49-45-75(11-3)67-94(80)110-66-38-28-24-20-18-22-26-36-64-108-90-61-57-84(58-62-90)100-104-102-98(114-100)82-43-33-30-34-44-82/h11,14,29-34,41-62,67-72,76-77H,3,6,9-10,12-13,15-28,35-40,63-66,73-74H2,1-2,4-5,7-8H3/b50-47+,52-51+,54-53+. The van der Waals surface area contributed by atoms with Gasteiger partial charge in [-0.05, 0) is 171 Å². The van der Waals surface area contributed by atoms with Crippen molar-refractivity contribution in [3.63, 3.8) is 0 Å². The van der Waals surface area contributed by atoms with E-state index in [-0.39, 0.29) is 0 Å². The lowest BCUT2D eigenvalue weighted by atomic mass is 10.00. The number of benzene rings is 8. The summed E-state index contributed by atoms with van der Waals surface area (Å²) in [6.07, 6.45) is 43.4. The van der Waals surface area contributed by atoms with Crippen molar-refractivity contribution in [1.29, 1.82) is 0 Å². The van der Waals surface area contributed by atoms with Gasteiger partial charge in [0, 0.05) is 55.6 Å². The summed E-state index contributed by atoms with van der Waals surface area (Å²) in [6.45, 7) is 21.1. The highest BCUT2D eigenvalue weighted by atomic mass is 16.5. The first-order valence-corrected chi connectivity index (χ1v) is 41.9. The Balaban J connectivity index is 0.713. The molecule has 2 heterocycles. The zero-order valence-electron chi connectivity index (χ0n) is 68.4. The summed E-state index contributed by atoms with van der Waals surface area (Å²) in [5, 5.41) is 16.9. The maximum absolute atomic E-state index is 6.90. The summed E-state index contributed by atoms with van der Waals surface area (Å²) in [5.41, 5.74) is 11.1. The van der Waals surface area contributed by atoms with E-state index in [4.69, 9.17) is 46.7 Å². The van der Waals surface area contributed by atoms with Crippen LogP contribution in [0.1, 0.15) is 226 Å². The van der Waals surface area contributed by atoms with E-state index in [9.17, 15) is 0 Å². The van der Waals surface area contributed by atoms with Crippen LogP contribution < -0.4 is 37.9 Å². The van der Waals surface area contributed by atoms with Crippen LogP contribution in [0.25, 0.3) is 94.4 Å². The van der Waals surface area contributed by atoms with Crippen molar-refractivity contribution in [3.8, 4) is 91.8 Å². The van der Waals surface area contributed by atoms with Crippen molar-refractivity contribution in [2.24, 2.45) is 11.8 Å². The number of nitrogens with zero attached hydrogens (tertiary/aromatic N) is 4. The molecule has 0 spiro atoms. The van der Waals surface area contributed by atoms with Crippen molar-refractivity contribution in [3.05, 3.63) is 228 Å². The first-order chi connectivity index (χ1) is 56.2. The van der Waals surface area contributed by atoms with Gasteiger partial charge in [-0.3, -0.25) is 0 Å². The summed E-state index contributed by atoms with van der Waals surface area (Å²) >= 11 is 0. The van der Waals surface area contributed by atoms with Gasteiger partial charge in [0.15, 0.2) is 0 Å². The quantitative estimate of drug-likeness (QED) is 0.0263. The fourth-order valence-electron chi connectivity index (χ4n) is 13.7. The molecule has 10 rings (SSSR count). The summed E-state index contributed by atoms with van der Waals surface area (Å²) in [4.78, 5) is 0. The molecule has 10 aromatic rings. The second-order valence-corrected chi connectivity index (χ2v) is 29.4. The predicted molar refractivity (Wildman–Crippen MR) is 470 cm³/mol. The average molecular weight is 1540 g/mol. The molecule has 2 unspecified atom stereocenters. The summed E-state index contributed by atoms with van der Waals surface area (Å²) < 4.78 is 63.2. The summed E-state index contributed by atoms with van der Waals surface area (Å²) in [5.74, 6) is 9.19. The Hall–Kier alpha value is -10.9. The van der Waals surface area contributed by atoms with Crippen LogP contribution in [0.5, 0.6) is 46.0 Å². The first-order valence-electron chi connectivity index (χ1n) is 41.9. The SMILES string of the molecule is C=Cc1ccc(/C=C/c2cc(OCC(CC)CCCC)c(/C=C/c3cc(OCC(CC)CCCC)c(/C=C/c4ccc(C=C)c(OCCCCCCCCCCOc5ccc(-c6nnc(-c7ccccc7)o6)cc5)c4)cc3OC)cc2OC)c(OCCCCCCCCCCOc2ccc(-c3nnc(-c4ccccc4)o3)cc2)c1. The number of ether oxygens (including phenoxy) is 8. The van der Waals surface area contributed by atoms with Crippen molar-refractivity contribution < 1.29 is 46.7 Å². The number of methoxy groups -OCH3 is 2. The molecular weight excluding hydrogens is 1420 g/mol. The van der Waals surface area contributed by atoms with E-state index in [1.807, 2.05) is 121 Å². The van der Waals surface area contributed by atoms with Crippen LogP contribution in [0, 0.1) is 11.8 Å². The molecule has 14 nitrogen and oxygen atoms in total.